The molecule has 3 aromatic rings. The third kappa shape index (κ3) is 3.81. The molecule has 3 aromatic carbocycles. The second-order valence-electron chi connectivity index (χ2n) is 7.18. The SMILES string of the molecule is COc1ccc(N2C(=O)C(Nc3cc(Cl)ccc3C)=C(c3ccccc3)C2=O)c(OC)c1. The minimum atomic E-state index is -0.489. The maximum Gasteiger partial charge on any atom is 0.282 e. The van der Waals surface area contributed by atoms with Crippen LogP contribution in [0.3, 0.4) is 0 Å². The third-order valence-electron chi connectivity index (χ3n) is 5.23. The number of hydrogen-bond donors (Lipinski definition) is 1. The Kier molecular flexibility index (Phi) is 5.88. The van der Waals surface area contributed by atoms with Gasteiger partial charge in [0.1, 0.15) is 17.2 Å². The average Bonchev–Trinajstić information content (AvgIpc) is 3.05. The Balaban J connectivity index is 1.85. The van der Waals surface area contributed by atoms with E-state index in [1.807, 2.05) is 31.2 Å². The van der Waals surface area contributed by atoms with Crippen LogP contribution in [-0.4, -0.2) is 26.0 Å². The number of halogens is 1. The standard InChI is InChI=1S/C25H21ClN2O4/c1-15-9-10-17(26)13-19(15)27-23-22(16-7-5-4-6-8-16)24(29)28(25(23)30)20-12-11-18(31-2)14-21(20)32-3/h4-14,27H,1-3H3. The first kappa shape index (κ1) is 21.5. The zero-order valence-corrected chi connectivity index (χ0v) is 18.6. The van der Waals surface area contributed by atoms with E-state index in [2.05, 4.69) is 5.32 Å². The number of amides is 2. The fourth-order valence-corrected chi connectivity index (χ4v) is 3.74. The summed E-state index contributed by atoms with van der Waals surface area (Å²) >= 11 is 6.17. The first-order valence-electron chi connectivity index (χ1n) is 9.88. The van der Waals surface area contributed by atoms with Gasteiger partial charge in [0, 0.05) is 16.8 Å². The molecule has 4 rings (SSSR count). The zero-order chi connectivity index (χ0) is 22.8. The van der Waals surface area contributed by atoms with E-state index in [0.29, 0.717) is 33.5 Å². The fourth-order valence-electron chi connectivity index (χ4n) is 3.57. The van der Waals surface area contributed by atoms with Crippen molar-refractivity contribution in [3.63, 3.8) is 0 Å². The van der Waals surface area contributed by atoms with Gasteiger partial charge in [-0.15, -0.1) is 0 Å². The van der Waals surface area contributed by atoms with Gasteiger partial charge in [-0.3, -0.25) is 9.59 Å². The van der Waals surface area contributed by atoms with E-state index in [9.17, 15) is 9.59 Å². The predicted molar refractivity (Wildman–Crippen MR) is 125 cm³/mol. The smallest absolute Gasteiger partial charge is 0.282 e. The number of methoxy groups -OCH3 is 2. The van der Waals surface area contributed by atoms with Crippen molar-refractivity contribution in [2.75, 3.05) is 24.4 Å². The number of aryl methyl sites for hydroxylation is 1. The van der Waals surface area contributed by atoms with Crippen LogP contribution in [0.2, 0.25) is 5.02 Å². The van der Waals surface area contributed by atoms with Crippen LogP contribution in [0.5, 0.6) is 11.5 Å². The Bertz CT molecular complexity index is 1240. The number of nitrogens with zero attached hydrogens (tertiary/aromatic N) is 1. The lowest BCUT2D eigenvalue weighted by Gasteiger charge is -2.19. The summed E-state index contributed by atoms with van der Waals surface area (Å²) in [4.78, 5) is 28.3. The predicted octanol–water partition coefficient (Wildman–Crippen LogP) is 5.06. The number of imide groups is 1. The summed E-state index contributed by atoms with van der Waals surface area (Å²) in [5, 5.41) is 3.68. The average molecular weight is 449 g/mol. The Morgan fingerprint density at radius 2 is 1.62 bits per heavy atom. The molecule has 2 amide bonds. The van der Waals surface area contributed by atoms with Crippen LogP contribution in [0.1, 0.15) is 11.1 Å². The largest absolute Gasteiger partial charge is 0.497 e. The Labute approximate surface area is 191 Å². The van der Waals surface area contributed by atoms with Crippen molar-refractivity contribution in [3.8, 4) is 11.5 Å². The van der Waals surface area contributed by atoms with Gasteiger partial charge in [0.25, 0.3) is 11.8 Å². The molecule has 0 spiro atoms. The monoisotopic (exact) mass is 448 g/mol. The van der Waals surface area contributed by atoms with Gasteiger partial charge in [-0.2, -0.15) is 0 Å². The highest BCUT2D eigenvalue weighted by atomic mass is 35.5. The van der Waals surface area contributed by atoms with Crippen LogP contribution < -0.4 is 19.7 Å². The van der Waals surface area contributed by atoms with Gasteiger partial charge in [0.05, 0.1) is 25.5 Å². The second kappa shape index (κ2) is 8.77. The molecular formula is C25H21ClN2O4. The molecule has 1 aliphatic rings. The molecule has 1 heterocycles. The summed E-state index contributed by atoms with van der Waals surface area (Å²) in [6.45, 7) is 1.90. The molecule has 0 saturated carbocycles. The van der Waals surface area contributed by atoms with E-state index in [0.717, 1.165) is 10.5 Å². The number of benzene rings is 3. The molecular weight excluding hydrogens is 428 g/mol. The Hall–Kier alpha value is -3.77. The molecule has 0 fully saturated rings. The van der Waals surface area contributed by atoms with Crippen molar-refractivity contribution < 1.29 is 19.1 Å². The molecule has 162 valence electrons. The highest BCUT2D eigenvalue weighted by Crippen LogP contribution is 2.39. The minimum Gasteiger partial charge on any atom is -0.497 e. The van der Waals surface area contributed by atoms with Crippen LogP contribution in [0.4, 0.5) is 11.4 Å². The van der Waals surface area contributed by atoms with Crippen molar-refractivity contribution >= 4 is 40.4 Å². The van der Waals surface area contributed by atoms with Gasteiger partial charge in [-0.25, -0.2) is 4.90 Å². The zero-order valence-electron chi connectivity index (χ0n) is 17.8. The van der Waals surface area contributed by atoms with Crippen molar-refractivity contribution in [2.24, 2.45) is 0 Å². The maximum absolute atomic E-state index is 13.6. The molecule has 32 heavy (non-hydrogen) atoms. The van der Waals surface area contributed by atoms with Crippen molar-refractivity contribution in [1.29, 1.82) is 0 Å². The van der Waals surface area contributed by atoms with Crippen molar-refractivity contribution in [2.45, 2.75) is 6.92 Å². The normalized spacial score (nSPS) is 13.6. The van der Waals surface area contributed by atoms with E-state index >= 15 is 0 Å². The molecule has 0 saturated heterocycles. The number of hydrogen-bond acceptors (Lipinski definition) is 5. The van der Waals surface area contributed by atoms with E-state index in [4.69, 9.17) is 21.1 Å². The van der Waals surface area contributed by atoms with Crippen LogP contribution in [-0.2, 0) is 9.59 Å². The summed E-state index contributed by atoms with van der Waals surface area (Å²) < 4.78 is 10.7. The van der Waals surface area contributed by atoms with Crippen LogP contribution in [0.15, 0.2) is 72.4 Å². The van der Waals surface area contributed by atoms with Gasteiger partial charge < -0.3 is 14.8 Å². The number of anilines is 2. The summed E-state index contributed by atoms with van der Waals surface area (Å²) in [7, 11) is 3.01. The molecule has 0 atom stereocenters. The molecule has 7 heteroatoms. The summed E-state index contributed by atoms with van der Waals surface area (Å²) in [6.07, 6.45) is 0. The van der Waals surface area contributed by atoms with Crippen molar-refractivity contribution in [1.82, 2.24) is 0 Å². The van der Waals surface area contributed by atoms with E-state index in [1.165, 1.54) is 14.2 Å². The molecule has 0 unspecified atom stereocenters. The highest BCUT2D eigenvalue weighted by Gasteiger charge is 2.41. The van der Waals surface area contributed by atoms with Crippen LogP contribution in [0.25, 0.3) is 5.57 Å². The molecule has 1 aliphatic heterocycles. The molecule has 0 aliphatic carbocycles. The number of carbonyl (C=O) groups excluding carboxylic acids is 2. The molecule has 1 N–H and O–H groups in total. The maximum atomic E-state index is 13.6. The second-order valence-corrected chi connectivity index (χ2v) is 7.62. The van der Waals surface area contributed by atoms with Crippen molar-refractivity contribution in [3.05, 3.63) is 88.6 Å². The van der Waals surface area contributed by atoms with E-state index in [-0.39, 0.29) is 11.3 Å². The fraction of sp³-hybridized carbons (Fsp3) is 0.120. The van der Waals surface area contributed by atoms with E-state index < -0.39 is 11.8 Å². The third-order valence-corrected chi connectivity index (χ3v) is 5.47. The van der Waals surface area contributed by atoms with Gasteiger partial charge in [-0.05, 0) is 42.3 Å². The van der Waals surface area contributed by atoms with Gasteiger partial charge >= 0.3 is 0 Å². The number of ether oxygens (including phenoxy) is 2. The number of carbonyl (C=O) groups is 2. The topological polar surface area (TPSA) is 67.9 Å². The molecule has 0 aromatic heterocycles. The quantitative estimate of drug-likeness (QED) is 0.534. The summed E-state index contributed by atoms with van der Waals surface area (Å²) in [5.41, 5.74) is 2.93. The van der Waals surface area contributed by atoms with Crippen LogP contribution >= 0.6 is 11.6 Å². The lowest BCUT2D eigenvalue weighted by atomic mass is 10.0. The summed E-state index contributed by atoms with van der Waals surface area (Å²) in [5.74, 6) is -0.0453. The van der Waals surface area contributed by atoms with Crippen LogP contribution in [0, 0.1) is 6.92 Å². The number of rotatable bonds is 6. The molecule has 0 radical (unpaired) electrons. The lowest BCUT2D eigenvalue weighted by molar-refractivity contribution is -0.120. The van der Waals surface area contributed by atoms with Gasteiger partial charge in [0.15, 0.2) is 0 Å². The van der Waals surface area contributed by atoms with Gasteiger partial charge in [0.2, 0.25) is 0 Å². The van der Waals surface area contributed by atoms with Gasteiger partial charge in [-0.1, -0.05) is 48.0 Å². The lowest BCUT2D eigenvalue weighted by Crippen LogP contribution is -2.32. The first-order chi connectivity index (χ1) is 15.4. The minimum absolute atomic E-state index is 0.171. The van der Waals surface area contributed by atoms with E-state index in [1.54, 1.807) is 42.5 Å². The molecule has 0 bridgehead atoms. The molecule has 6 nitrogen and oxygen atoms in total. The number of nitrogens with one attached hydrogen (secondary N) is 1. The summed E-state index contributed by atoms with van der Waals surface area (Å²) in [6, 6.07) is 19.3. The Morgan fingerprint density at radius 1 is 0.875 bits per heavy atom. The first-order valence-corrected chi connectivity index (χ1v) is 10.3. The Morgan fingerprint density at radius 3 is 2.31 bits per heavy atom. The highest BCUT2D eigenvalue weighted by molar-refractivity contribution is 6.46.